The van der Waals surface area contributed by atoms with Crippen LogP contribution in [0.1, 0.15) is 62.5 Å². The van der Waals surface area contributed by atoms with Crippen LogP contribution in [-0.4, -0.2) is 68.7 Å². The summed E-state index contributed by atoms with van der Waals surface area (Å²) in [7, 11) is 2.02. The lowest BCUT2D eigenvalue weighted by Crippen LogP contribution is -2.49. The fourth-order valence-corrected chi connectivity index (χ4v) is 8.35. The summed E-state index contributed by atoms with van der Waals surface area (Å²) in [6.07, 6.45) is 0.976. The number of benzene rings is 3. The number of thiazole rings is 1. The van der Waals surface area contributed by atoms with E-state index in [-0.39, 0.29) is 0 Å². The monoisotopic (exact) mass is 658 g/mol. The van der Waals surface area contributed by atoms with Gasteiger partial charge in [0, 0.05) is 52.7 Å². The molecular weight excluding hydrogens is 620 g/mol. The molecule has 3 atom stereocenters. The second-order valence-corrected chi connectivity index (χ2v) is 15.0. The van der Waals surface area contributed by atoms with E-state index in [1.54, 1.807) is 11.3 Å². The lowest BCUT2D eigenvalue weighted by molar-refractivity contribution is -0.160. The summed E-state index contributed by atoms with van der Waals surface area (Å²) in [5.74, 6) is -0.660. The van der Waals surface area contributed by atoms with Crippen LogP contribution in [-0.2, 0) is 21.3 Å². The summed E-state index contributed by atoms with van der Waals surface area (Å²) in [4.78, 5) is 20.4. The van der Waals surface area contributed by atoms with Crippen LogP contribution in [0.25, 0.3) is 42.8 Å². The number of aromatic nitrogens is 3. The highest BCUT2D eigenvalue weighted by Crippen LogP contribution is 2.45. The third-order valence-electron chi connectivity index (χ3n) is 9.20. The van der Waals surface area contributed by atoms with Crippen molar-refractivity contribution in [2.24, 2.45) is 7.05 Å². The number of morpholine rings is 1. The first-order valence-corrected chi connectivity index (χ1v) is 17.1. The molecule has 0 spiro atoms. The van der Waals surface area contributed by atoms with Crippen molar-refractivity contribution < 1.29 is 19.4 Å². The number of nitrogens with zero attached hydrogens (tertiary/aromatic N) is 4. The Labute approximate surface area is 277 Å². The Morgan fingerprint density at radius 1 is 1.13 bits per heavy atom. The predicted octanol–water partition coefficient (Wildman–Crippen LogP) is 8.00. The first-order chi connectivity index (χ1) is 22.0. The van der Waals surface area contributed by atoms with Crippen molar-refractivity contribution >= 4 is 50.0 Å². The molecule has 0 bridgehead atoms. The van der Waals surface area contributed by atoms with E-state index in [4.69, 9.17) is 31.2 Å². The first-order valence-electron chi connectivity index (χ1n) is 15.9. The molecule has 3 aromatic carbocycles. The summed E-state index contributed by atoms with van der Waals surface area (Å²) >= 11 is 7.86. The number of fused-ring (bicyclic) bond motifs is 3. The number of ether oxygens (including phenoxy) is 2. The van der Waals surface area contributed by atoms with E-state index in [0.29, 0.717) is 22.5 Å². The van der Waals surface area contributed by atoms with Crippen molar-refractivity contribution in [2.75, 3.05) is 26.3 Å². The van der Waals surface area contributed by atoms with Gasteiger partial charge in [0.05, 0.1) is 40.2 Å². The van der Waals surface area contributed by atoms with E-state index < -0.39 is 17.7 Å². The van der Waals surface area contributed by atoms with Crippen molar-refractivity contribution in [3.63, 3.8) is 0 Å². The molecular formula is C36H39ClN4O4S. The summed E-state index contributed by atoms with van der Waals surface area (Å²) in [6, 6.07) is 16.5. The van der Waals surface area contributed by atoms with Crippen LogP contribution in [0, 0.1) is 6.92 Å². The van der Waals surface area contributed by atoms with Crippen LogP contribution in [0.4, 0.5) is 0 Å². The molecule has 2 aliphatic rings. The largest absolute Gasteiger partial charge is 0.479 e. The smallest absolute Gasteiger partial charge is 0.337 e. The second-order valence-electron chi connectivity index (χ2n) is 13.5. The molecule has 4 heterocycles. The molecule has 0 aliphatic carbocycles. The molecule has 8 nitrogen and oxygen atoms in total. The molecule has 0 saturated carbocycles. The zero-order valence-electron chi connectivity index (χ0n) is 26.8. The van der Waals surface area contributed by atoms with Crippen LogP contribution < -0.4 is 0 Å². The van der Waals surface area contributed by atoms with Crippen molar-refractivity contribution in [3.8, 4) is 21.7 Å². The SMILES string of the molecule is Cc1cc2nc(-c3ccc4c(c3)c(C3CCN5CCOCC5C3)nn4C)sc2c(-c2ccc(Cl)cc2)c1[C@H](OC(C)(C)C)C(=O)O. The van der Waals surface area contributed by atoms with E-state index in [1.165, 1.54) is 0 Å². The Morgan fingerprint density at radius 3 is 2.63 bits per heavy atom. The number of halogens is 1. The van der Waals surface area contributed by atoms with Gasteiger partial charge in [-0.3, -0.25) is 9.58 Å². The van der Waals surface area contributed by atoms with Gasteiger partial charge in [-0.25, -0.2) is 9.78 Å². The average molecular weight is 659 g/mol. The third-order valence-corrected chi connectivity index (χ3v) is 10.6. The highest BCUT2D eigenvalue weighted by atomic mass is 35.5. The number of carboxylic acid groups (broad SMARTS) is 1. The number of piperidine rings is 1. The average Bonchev–Trinajstić information content (AvgIpc) is 3.59. The normalized spacial score (nSPS) is 19.9. The summed E-state index contributed by atoms with van der Waals surface area (Å²) in [5, 5.41) is 18.1. The number of aryl methyl sites for hydroxylation is 2. The fraction of sp³-hybridized carbons (Fsp3) is 0.417. The molecule has 2 aliphatic heterocycles. The van der Waals surface area contributed by atoms with Crippen LogP contribution in [0.3, 0.4) is 0 Å². The summed E-state index contributed by atoms with van der Waals surface area (Å²) in [6.45, 7) is 11.2. The molecule has 0 radical (unpaired) electrons. The minimum Gasteiger partial charge on any atom is -0.479 e. The van der Waals surface area contributed by atoms with Crippen LogP contribution >= 0.6 is 22.9 Å². The van der Waals surface area contributed by atoms with Gasteiger partial charge in [0.1, 0.15) is 5.01 Å². The molecule has 2 unspecified atom stereocenters. The molecule has 2 fully saturated rings. The Bertz CT molecular complexity index is 1940. The zero-order chi connectivity index (χ0) is 32.3. The van der Waals surface area contributed by atoms with Crippen LogP contribution in [0.5, 0.6) is 0 Å². The molecule has 1 N–H and O–H groups in total. The highest BCUT2D eigenvalue weighted by Gasteiger charge is 2.34. The number of carboxylic acids is 1. The van der Waals surface area contributed by atoms with E-state index in [1.807, 2.05) is 69.8 Å². The number of hydrogen-bond donors (Lipinski definition) is 1. The number of carbonyl (C=O) groups is 1. The number of rotatable bonds is 6. The highest BCUT2D eigenvalue weighted by molar-refractivity contribution is 7.22. The lowest BCUT2D eigenvalue weighted by Gasteiger charge is -2.41. The molecule has 5 aromatic rings. The van der Waals surface area contributed by atoms with Gasteiger partial charge >= 0.3 is 5.97 Å². The quantitative estimate of drug-likeness (QED) is 0.198. The maximum absolute atomic E-state index is 12.7. The van der Waals surface area contributed by atoms with Gasteiger partial charge in [-0.05, 0) is 94.6 Å². The van der Waals surface area contributed by atoms with Gasteiger partial charge in [0.15, 0.2) is 6.10 Å². The molecule has 2 aromatic heterocycles. The Kier molecular flexibility index (Phi) is 8.18. The topological polar surface area (TPSA) is 89.7 Å². The minimum absolute atomic E-state index is 0.370. The lowest BCUT2D eigenvalue weighted by atomic mass is 9.86. The first kappa shape index (κ1) is 31.3. The van der Waals surface area contributed by atoms with Crippen LogP contribution in [0.2, 0.25) is 5.02 Å². The van der Waals surface area contributed by atoms with Gasteiger partial charge in [-0.15, -0.1) is 11.3 Å². The van der Waals surface area contributed by atoms with Crippen LogP contribution in [0.15, 0.2) is 48.5 Å². The van der Waals surface area contributed by atoms with Crippen molar-refractivity contribution in [1.29, 1.82) is 0 Å². The third kappa shape index (κ3) is 5.84. The fourth-order valence-electron chi connectivity index (χ4n) is 7.11. The molecule has 2 saturated heterocycles. The van der Waals surface area contributed by atoms with Crippen molar-refractivity contribution in [2.45, 2.75) is 64.2 Å². The molecule has 7 rings (SSSR count). The zero-order valence-corrected chi connectivity index (χ0v) is 28.4. The van der Waals surface area contributed by atoms with Crippen molar-refractivity contribution in [3.05, 3.63) is 70.4 Å². The summed E-state index contributed by atoms with van der Waals surface area (Å²) in [5.41, 5.74) is 6.56. The van der Waals surface area contributed by atoms with Gasteiger partial charge < -0.3 is 14.6 Å². The van der Waals surface area contributed by atoms with Gasteiger partial charge in [0.25, 0.3) is 0 Å². The van der Waals surface area contributed by atoms with Crippen molar-refractivity contribution in [1.82, 2.24) is 19.7 Å². The maximum atomic E-state index is 12.7. The van der Waals surface area contributed by atoms with Gasteiger partial charge in [0.2, 0.25) is 0 Å². The van der Waals surface area contributed by atoms with E-state index in [0.717, 1.165) is 93.2 Å². The maximum Gasteiger partial charge on any atom is 0.337 e. The minimum atomic E-state index is -1.16. The Hall–Kier alpha value is -3.34. The molecule has 46 heavy (non-hydrogen) atoms. The van der Waals surface area contributed by atoms with E-state index in [2.05, 4.69) is 23.1 Å². The number of hydrogen-bond acceptors (Lipinski definition) is 7. The predicted molar refractivity (Wildman–Crippen MR) is 184 cm³/mol. The van der Waals surface area contributed by atoms with Gasteiger partial charge in [-0.2, -0.15) is 5.10 Å². The molecule has 240 valence electrons. The standard InChI is InChI=1S/C36H39ClN4O4S/c1-20-16-27-33(30(21-6-9-24(37)10-7-21)29(20)32(35(42)43)45-36(2,3)4)46-34(38-27)23-8-11-28-26(18-23)31(39-40(28)5)22-12-13-41-14-15-44-19-25(41)17-22/h6-11,16,18,22,25,32H,12-15,17,19H2,1-5H3,(H,42,43)/t22?,25?,32-/m0/s1. The number of aliphatic carboxylic acids is 1. The Morgan fingerprint density at radius 2 is 1.89 bits per heavy atom. The van der Waals surface area contributed by atoms with E-state index in [9.17, 15) is 9.90 Å². The van der Waals surface area contributed by atoms with E-state index >= 15 is 0 Å². The molecule has 0 amide bonds. The van der Waals surface area contributed by atoms with Gasteiger partial charge in [-0.1, -0.05) is 23.7 Å². The Balaban J connectivity index is 1.36. The second kappa shape index (κ2) is 12.0. The summed E-state index contributed by atoms with van der Waals surface area (Å²) < 4.78 is 14.9. The molecule has 10 heteroatoms.